The number of methoxy groups -OCH3 is 1. The van der Waals surface area contributed by atoms with E-state index < -0.39 is 0 Å². The summed E-state index contributed by atoms with van der Waals surface area (Å²) >= 11 is 1.16. The first kappa shape index (κ1) is 19.8. The van der Waals surface area contributed by atoms with Crippen LogP contribution in [0, 0.1) is 13.8 Å². The van der Waals surface area contributed by atoms with Gasteiger partial charge in [0.25, 0.3) is 11.1 Å². The number of thioether (sulfide) groups is 1. The zero-order valence-corrected chi connectivity index (χ0v) is 16.7. The van der Waals surface area contributed by atoms with E-state index in [0.717, 1.165) is 28.6 Å². The maximum atomic E-state index is 12.2. The first-order valence-electron chi connectivity index (χ1n) is 8.62. The van der Waals surface area contributed by atoms with Crippen molar-refractivity contribution in [3.05, 3.63) is 59.5 Å². The van der Waals surface area contributed by atoms with Gasteiger partial charge in [0.2, 0.25) is 5.91 Å². The highest BCUT2D eigenvalue weighted by Gasteiger charge is 2.12. The second-order valence-corrected chi connectivity index (χ2v) is 7.03. The number of nitrogens with zero attached hydrogens (tertiary/aromatic N) is 2. The molecule has 2 aromatic carbocycles. The summed E-state index contributed by atoms with van der Waals surface area (Å²) in [6, 6.07) is 13.3. The number of rotatable bonds is 8. The molecule has 3 rings (SSSR count). The molecule has 8 heteroatoms. The molecular formula is C20H21N3O4S. The second-order valence-electron chi connectivity index (χ2n) is 6.10. The Hall–Kier alpha value is -3.00. The molecule has 0 aliphatic rings. The average molecular weight is 399 g/mol. The Labute approximate surface area is 167 Å². The van der Waals surface area contributed by atoms with Gasteiger partial charge in [-0.05, 0) is 43.7 Å². The lowest BCUT2D eigenvalue weighted by Gasteiger charge is -2.10. The number of anilines is 1. The van der Waals surface area contributed by atoms with Crippen molar-refractivity contribution >= 4 is 23.4 Å². The Morgan fingerprint density at radius 3 is 2.61 bits per heavy atom. The molecule has 0 saturated carbocycles. The monoisotopic (exact) mass is 399 g/mol. The molecule has 3 aromatic rings. The zero-order chi connectivity index (χ0) is 19.9. The number of aromatic nitrogens is 2. The predicted octanol–water partition coefficient (Wildman–Crippen LogP) is 4.00. The van der Waals surface area contributed by atoms with Crippen LogP contribution in [0.2, 0.25) is 0 Å². The average Bonchev–Trinajstić information content (AvgIpc) is 3.14. The van der Waals surface area contributed by atoms with Crippen molar-refractivity contribution in [1.82, 2.24) is 10.2 Å². The van der Waals surface area contributed by atoms with Gasteiger partial charge in [-0.1, -0.05) is 35.5 Å². The highest BCUT2D eigenvalue weighted by molar-refractivity contribution is 7.99. The van der Waals surface area contributed by atoms with Gasteiger partial charge in [-0.2, -0.15) is 0 Å². The Balaban J connectivity index is 1.49. The first-order valence-corrected chi connectivity index (χ1v) is 9.61. The Morgan fingerprint density at radius 2 is 1.86 bits per heavy atom. The van der Waals surface area contributed by atoms with Crippen molar-refractivity contribution < 1.29 is 18.7 Å². The maximum absolute atomic E-state index is 12.2. The molecule has 1 N–H and O–H groups in total. The Morgan fingerprint density at radius 1 is 1.11 bits per heavy atom. The van der Waals surface area contributed by atoms with Gasteiger partial charge in [-0.15, -0.1) is 10.2 Å². The van der Waals surface area contributed by atoms with Crippen LogP contribution in [0.3, 0.4) is 0 Å². The van der Waals surface area contributed by atoms with Crippen LogP contribution in [0.25, 0.3) is 0 Å². The van der Waals surface area contributed by atoms with E-state index in [1.165, 1.54) is 0 Å². The summed E-state index contributed by atoms with van der Waals surface area (Å²) in [6.07, 6.45) is 0. The lowest BCUT2D eigenvalue weighted by molar-refractivity contribution is -0.113. The lowest BCUT2D eigenvalue weighted by Crippen LogP contribution is -2.14. The zero-order valence-electron chi connectivity index (χ0n) is 15.9. The molecule has 0 aliphatic carbocycles. The van der Waals surface area contributed by atoms with Gasteiger partial charge in [0, 0.05) is 0 Å². The minimum atomic E-state index is -0.190. The molecule has 1 amide bonds. The van der Waals surface area contributed by atoms with Crippen LogP contribution in [0.1, 0.15) is 17.0 Å². The third kappa shape index (κ3) is 5.50. The third-order valence-corrected chi connectivity index (χ3v) is 4.61. The van der Waals surface area contributed by atoms with Crippen molar-refractivity contribution in [2.75, 3.05) is 18.2 Å². The minimum Gasteiger partial charge on any atom is -0.495 e. The van der Waals surface area contributed by atoms with E-state index in [-0.39, 0.29) is 18.3 Å². The van der Waals surface area contributed by atoms with Crippen molar-refractivity contribution in [1.29, 1.82) is 0 Å². The van der Waals surface area contributed by atoms with Gasteiger partial charge >= 0.3 is 0 Å². The molecule has 0 radical (unpaired) electrons. The normalized spacial score (nSPS) is 10.5. The molecule has 0 aliphatic heterocycles. The Bertz CT molecular complexity index is 941. The van der Waals surface area contributed by atoms with Crippen molar-refractivity contribution in [3.8, 4) is 11.5 Å². The number of carbonyl (C=O) groups excluding carboxylic acids is 1. The number of amides is 1. The molecule has 0 atom stereocenters. The summed E-state index contributed by atoms with van der Waals surface area (Å²) in [5.74, 6) is 1.63. The van der Waals surface area contributed by atoms with Crippen LogP contribution in [0.5, 0.6) is 11.5 Å². The molecule has 0 bridgehead atoms. The summed E-state index contributed by atoms with van der Waals surface area (Å²) < 4.78 is 16.4. The molecule has 146 valence electrons. The molecule has 0 fully saturated rings. The van der Waals surface area contributed by atoms with E-state index in [1.54, 1.807) is 7.11 Å². The number of hydrogen-bond acceptors (Lipinski definition) is 7. The van der Waals surface area contributed by atoms with E-state index in [2.05, 4.69) is 15.5 Å². The maximum Gasteiger partial charge on any atom is 0.277 e. The lowest BCUT2D eigenvalue weighted by atomic mass is 10.2. The van der Waals surface area contributed by atoms with Crippen LogP contribution >= 0.6 is 11.8 Å². The molecular weight excluding hydrogens is 378 g/mol. The summed E-state index contributed by atoms with van der Waals surface area (Å²) in [5, 5.41) is 11.0. The predicted molar refractivity (Wildman–Crippen MR) is 107 cm³/mol. The number of nitrogens with one attached hydrogen (secondary N) is 1. The topological polar surface area (TPSA) is 86.5 Å². The number of aryl methyl sites for hydroxylation is 2. The highest BCUT2D eigenvalue weighted by Crippen LogP contribution is 2.26. The van der Waals surface area contributed by atoms with Crippen molar-refractivity contribution in [3.63, 3.8) is 0 Å². The fourth-order valence-corrected chi connectivity index (χ4v) is 2.95. The van der Waals surface area contributed by atoms with Crippen LogP contribution in [0.15, 0.2) is 52.1 Å². The van der Waals surface area contributed by atoms with Crippen molar-refractivity contribution in [2.45, 2.75) is 25.7 Å². The molecule has 0 unspecified atom stereocenters. The summed E-state index contributed by atoms with van der Waals surface area (Å²) in [4.78, 5) is 12.2. The standard InChI is InChI=1S/C20H21N3O4S/c1-13-4-7-15(8-5-13)26-11-19-22-23-20(27-19)28-12-18(24)21-16-10-14(2)6-9-17(16)25-3/h4-10H,11-12H2,1-3H3,(H,21,24). The molecule has 1 aromatic heterocycles. The summed E-state index contributed by atoms with van der Waals surface area (Å²) in [5.41, 5.74) is 2.81. The fourth-order valence-electron chi connectivity index (χ4n) is 2.37. The fraction of sp³-hybridized carbons (Fsp3) is 0.250. The smallest absolute Gasteiger partial charge is 0.277 e. The van der Waals surface area contributed by atoms with Gasteiger partial charge < -0.3 is 19.2 Å². The molecule has 0 spiro atoms. The highest BCUT2D eigenvalue weighted by atomic mass is 32.2. The quantitative estimate of drug-likeness (QED) is 0.573. The van der Waals surface area contributed by atoms with Gasteiger partial charge in [0.05, 0.1) is 18.6 Å². The number of ether oxygens (including phenoxy) is 2. The molecule has 7 nitrogen and oxygen atoms in total. The minimum absolute atomic E-state index is 0.136. The van der Waals surface area contributed by atoms with E-state index in [0.29, 0.717) is 22.6 Å². The Kier molecular flexibility index (Phi) is 6.54. The van der Waals surface area contributed by atoms with Crippen LogP contribution in [-0.4, -0.2) is 29.0 Å². The van der Waals surface area contributed by atoms with Gasteiger partial charge in [-0.3, -0.25) is 4.79 Å². The number of carbonyl (C=O) groups is 1. The summed E-state index contributed by atoms with van der Waals surface area (Å²) in [7, 11) is 1.56. The second kappa shape index (κ2) is 9.27. The number of benzene rings is 2. The first-order chi connectivity index (χ1) is 13.5. The van der Waals surface area contributed by atoms with Crippen LogP contribution < -0.4 is 14.8 Å². The molecule has 1 heterocycles. The van der Waals surface area contributed by atoms with Gasteiger partial charge in [0.1, 0.15) is 11.5 Å². The van der Waals surface area contributed by atoms with E-state index in [1.807, 2.05) is 56.3 Å². The van der Waals surface area contributed by atoms with Crippen LogP contribution in [0.4, 0.5) is 5.69 Å². The van der Waals surface area contributed by atoms with E-state index >= 15 is 0 Å². The van der Waals surface area contributed by atoms with Crippen LogP contribution in [-0.2, 0) is 11.4 Å². The van der Waals surface area contributed by atoms with E-state index in [4.69, 9.17) is 13.9 Å². The third-order valence-electron chi connectivity index (χ3n) is 3.79. The van der Waals surface area contributed by atoms with Gasteiger partial charge in [0.15, 0.2) is 6.61 Å². The van der Waals surface area contributed by atoms with E-state index in [9.17, 15) is 4.79 Å². The van der Waals surface area contributed by atoms with Crippen molar-refractivity contribution in [2.24, 2.45) is 0 Å². The SMILES string of the molecule is COc1ccc(C)cc1NC(=O)CSc1nnc(COc2ccc(C)cc2)o1. The molecule has 0 saturated heterocycles. The largest absolute Gasteiger partial charge is 0.495 e. The number of hydrogen-bond donors (Lipinski definition) is 1. The molecule has 28 heavy (non-hydrogen) atoms. The van der Waals surface area contributed by atoms with Gasteiger partial charge in [-0.25, -0.2) is 0 Å². The summed E-state index contributed by atoms with van der Waals surface area (Å²) in [6.45, 7) is 4.13.